The molecular formula is C11H21ClN6OS. The highest BCUT2D eigenvalue weighted by molar-refractivity contribution is 7.99. The van der Waals surface area contributed by atoms with Crippen LogP contribution >= 0.6 is 24.2 Å². The number of amides is 1. The first kappa shape index (κ1) is 18.8. The summed E-state index contributed by atoms with van der Waals surface area (Å²) in [4.78, 5) is 17.7. The Morgan fingerprint density at radius 2 is 2.30 bits per heavy atom. The predicted molar refractivity (Wildman–Crippen MR) is 83.4 cm³/mol. The van der Waals surface area contributed by atoms with Gasteiger partial charge in [0.15, 0.2) is 6.19 Å². The monoisotopic (exact) mass is 320 g/mol. The quantitative estimate of drug-likeness (QED) is 0.205. The number of nitrogens with one attached hydrogen (secondary N) is 1. The maximum absolute atomic E-state index is 11.9. The van der Waals surface area contributed by atoms with Crippen molar-refractivity contribution in [2.45, 2.75) is 25.3 Å². The molecule has 0 aromatic carbocycles. The van der Waals surface area contributed by atoms with Gasteiger partial charge in [0.2, 0.25) is 11.9 Å². The van der Waals surface area contributed by atoms with Crippen molar-refractivity contribution in [1.29, 1.82) is 5.26 Å². The molecule has 1 atom stereocenters. The Bertz CT molecular complexity index is 366. The summed E-state index contributed by atoms with van der Waals surface area (Å²) in [5.74, 6) is 1.92. The topological polar surface area (TPSA) is 121 Å². The van der Waals surface area contributed by atoms with Crippen molar-refractivity contribution in [2.75, 3.05) is 24.7 Å². The van der Waals surface area contributed by atoms with Gasteiger partial charge in [-0.2, -0.15) is 5.26 Å². The number of nitrogens with two attached hydrogens (primary N) is 2. The highest BCUT2D eigenvalue weighted by Crippen LogP contribution is 2.15. The van der Waals surface area contributed by atoms with E-state index in [-0.39, 0.29) is 24.3 Å². The molecule has 114 valence electrons. The molecule has 0 aromatic heterocycles. The van der Waals surface area contributed by atoms with E-state index < -0.39 is 6.04 Å². The number of nitriles is 1. The van der Waals surface area contributed by atoms with E-state index in [9.17, 15) is 4.79 Å². The molecule has 1 aliphatic heterocycles. The van der Waals surface area contributed by atoms with Crippen LogP contribution in [0.25, 0.3) is 0 Å². The van der Waals surface area contributed by atoms with E-state index in [2.05, 4.69) is 10.3 Å². The fraction of sp³-hybridized carbons (Fsp3) is 0.727. The standard InChI is InChI=1S/C11H20N6OS.ClH/c12-7-16-11(14)15-4-2-1-3-9(13)10(18)17-5-6-19-8-17;/h9H,1-6,8,13H2,(H3,14,15,16);1H/t9-;/m0./s1. The van der Waals surface area contributed by atoms with E-state index in [0.717, 1.165) is 31.0 Å². The first-order chi connectivity index (χ1) is 9.15. The molecule has 0 spiro atoms. The highest BCUT2D eigenvalue weighted by Gasteiger charge is 2.23. The van der Waals surface area contributed by atoms with Crippen molar-refractivity contribution in [2.24, 2.45) is 16.5 Å². The van der Waals surface area contributed by atoms with Crippen LogP contribution in [0, 0.1) is 11.5 Å². The van der Waals surface area contributed by atoms with Gasteiger partial charge in [-0.15, -0.1) is 24.2 Å². The number of aliphatic imine (C=N–C) groups is 1. The molecule has 5 N–H and O–H groups in total. The lowest BCUT2D eigenvalue weighted by Gasteiger charge is -2.19. The van der Waals surface area contributed by atoms with Gasteiger partial charge in [0.05, 0.1) is 11.9 Å². The van der Waals surface area contributed by atoms with Crippen LogP contribution in [-0.2, 0) is 4.79 Å². The summed E-state index contributed by atoms with van der Waals surface area (Å²) in [6, 6.07) is -0.419. The van der Waals surface area contributed by atoms with Crippen molar-refractivity contribution in [1.82, 2.24) is 10.2 Å². The fourth-order valence-corrected chi connectivity index (χ4v) is 2.67. The zero-order chi connectivity index (χ0) is 14.1. The number of guanidine groups is 1. The number of halogens is 1. The van der Waals surface area contributed by atoms with Crippen LogP contribution in [0.3, 0.4) is 0 Å². The molecule has 9 heteroatoms. The summed E-state index contributed by atoms with van der Waals surface area (Å²) in [6.45, 7) is 1.33. The molecule has 1 heterocycles. The highest BCUT2D eigenvalue weighted by atomic mass is 35.5. The number of carbonyl (C=O) groups excluding carboxylic acids is 1. The molecule has 1 fully saturated rings. The Morgan fingerprint density at radius 3 is 2.90 bits per heavy atom. The smallest absolute Gasteiger partial charge is 0.240 e. The van der Waals surface area contributed by atoms with Gasteiger partial charge in [0.25, 0.3) is 0 Å². The van der Waals surface area contributed by atoms with Crippen LogP contribution in [0.5, 0.6) is 0 Å². The van der Waals surface area contributed by atoms with Crippen LogP contribution in [0.15, 0.2) is 4.99 Å². The molecule has 0 aromatic rings. The van der Waals surface area contributed by atoms with Gasteiger partial charge >= 0.3 is 0 Å². The van der Waals surface area contributed by atoms with Crippen LogP contribution in [0.2, 0.25) is 0 Å². The summed E-state index contributed by atoms with van der Waals surface area (Å²) < 4.78 is 0. The maximum atomic E-state index is 11.9. The number of nitrogens with zero attached hydrogens (tertiary/aromatic N) is 3. The molecule has 1 amide bonds. The third kappa shape index (κ3) is 6.84. The van der Waals surface area contributed by atoms with Crippen molar-refractivity contribution in [3.8, 4) is 6.19 Å². The Kier molecular flexibility index (Phi) is 9.98. The van der Waals surface area contributed by atoms with Gasteiger partial charge < -0.3 is 16.4 Å². The average molecular weight is 321 g/mol. The number of thioether (sulfide) groups is 1. The largest absolute Gasteiger partial charge is 0.369 e. The Balaban J connectivity index is 0.00000361. The zero-order valence-corrected chi connectivity index (χ0v) is 12.9. The van der Waals surface area contributed by atoms with Crippen LogP contribution in [0.1, 0.15) is 19.3 Å². The van der Waals surface area contributed by atoms with E-state index in [1.54, 1.807) is 18.0 Å². The van der Waals surface area contributed by atoms with Crippen LogP contribution in [-0.4, -0.2) is 47.5 Å². The first-order valence-electron chi connectivity index (χ1n) is 6.22. The molecule has 0 saturated carbocycles. The average Bonchev–Trinajstić information content (AvgIpc) is 2.91. The number of rotatable bonds is 6. The summed E-state index contributed by atoms with van der Waals surface area (Å²) in [5, 5.41) is 10.5. The van der Waals surface area contributed by atoms with E-state index >= 15 is 0 Å². The summed E-state index contributed by atoms with van der Waals surface area (Å²) >= 11 is 1.75. The lowest BCUT2D eigenvalue weighted by molar-refractivity contribution is -0.131. The molecule has 20 heavy (non-hydrogen) atoms. The second kappa shape index (κ2) is 10.6. The lowest BCUT2D eigenvalue weighted by atomic mass is 10.1. The maximum Gasteiger partial charge on any atom is 0.240 e. The van der Waals surface area contributed by atoms with E-state index in [1.165, 1.54) is 0 Å². The molecule has 0 radical (unpaired) electrons. The number of carbonyl (C=O) groups is 1. The van der Waals surface area contributed by atoms with Gasteiger partial charge in [0, 0.05) is 18.8 Å². The number of hydrogen-bond acceptors (Lipinski definition) is 5. The van der Waals surface area contributed by atoms with E-state index in [1.807, 2.05) is 4.90 Å². The van der Waals surface area contributed by atoms with Crippen molar-refractivity contribution in [3.05, 3.63) is 0 Å². The molecule has 1 aliphatic rings. The fourth-order valence-electron chi connectivity index (χ4n) is 1.72. The second-order valence-corrected chi connectivity index (χ2v) is 5.32. The molecule has 1 saturated heterocycles. The molecule has 1 rings (SSSR count). The van der Waals surface area contributed by atoms with Gasteiger partial charge in [0.1, 0.15) is 0 Å². The normalized spacial score (nSPS) is 16.2. The minimum Gasteiger partial charge on any atom is -0.369 e. The van der Waals surface area contributed by atoms with Crippen LogP contribution in [0.4, 0.5) is 0 Å². The van der Waals surface area contributed by atoms with Crippen LogP contribution < -0.4 is 16.8 Å². The minimum atomic E-state index is -0.419. The number of hydrogen-bond donors (Lipinski definition) is 3. The van der Waals surface area contributed by atoms with Gasteiger partial charge in [-0.1, -0.05) is 0 Å². The molecular weight excluding hydrogens is 300 g/mol. The summed E-state index contributed by atoms with van der Waals surface area (Å²) in [7, 11) is 0. The van der Waals surface area contributed by atoms with E-state index in [4.69, 9.17) is 16.7 Å². The summed E-state index contributed by atoms with van der Waals surface area (Å²) in [6.07, 6.45) is 3.96. The number of unbranched alkanes of at least 4 members (excludes halogenated alkanes) is 1. The second-order valence-electron chi connectivity index (χ2n) is 4.25. The molecule has 0 bridgehead atoms. The Morgan fingerprint density at radius 1 is 1.55 bits per heavy atom. The molecule has 0 unspecified atom stereocenters. The Hall–Kier alpha value is -1.17. The summed E-state index contributed by atoms with van der Waals surface area (Å²) in [5.41, 5.74) is 11.3. The third-order valence-electron chi connectivity index (χ3n) is 2.77. The third-order valence-corrected chi connectivity index (χ3v) is 3.74. The zero-order valence-electron chi connectivity index (χ0n) is 11.2. The van der Waals surface area contributed by atoms with Gasteiger partial charge in [-0.3, -0.25) is 15.1 Å². The first-order valence-corrected chi connectivity index (χ1v) is 7.37. The SMILES string of the molecule is Cl.N#CNC(N)=NCCCC[C@H](N)C(=O)N1CCSC1. The van der Waals surface area contributed by atoms with Gasteiger partial charge in [-0.05, 0) is 19.3 Å². The molecule has 7 nitrogen and oxygen atoms in total. The van der Waals surface area contributed by atoms with Crippen molar-refractivity contribution < 1.29 is 4.79 Å². The molecule has 0 aliphatic carbocycles. The van der Waals surface area contributed by atoms with Crippen molar-refractivity contribution >= 4 is 36.0 Å². The minimum absolute atomic E-state index is 0. The van der Waals surface area contributed by atoms with Crippen molar-refractivity contribution in [3.63, 3.8) is 0 Å². The van der Waals surface area contributed by atoms with Gasteiger partial charge in [-0.25, -0.2) is 0 Å². The predicted octanol–water partition coefficient (Wildman–Crippen LogP) is -0.176. The Labute approximate surface area is 129 Å². The lowest BCUT2D eigenvalue weighted by Crippen LogP contribution is -2.42. The van der Waals surface area contributed by atoms with E-state index in [0.29, 0.717) is 13.0 Å².